The zero-order valence-electron chi connectivity index (χ0n) is 20.1. The lowest BCUT2D eigenvalue weighted by Gasteiger charge is -2.30. The molecule has 1 N–H and O–H groups in total. The number of piperidine rings is 1. The molecule has 0 amide bonds. The number of carbonyl (C=O) groups excluding carboxylic acids is 1. The summed E-state index contributed by atoms with van der Waals surface area (Å²) in [5, 5.41) is 9.27. The molecule has 0 saturated carbocycles. The van der Waals surface area contributed by atoms with Crippen molar-refractivity contribution in [1.82, 2.24) is 4.90 Å². The van der Waals surface area contributed by atoms with Gasteiger partial charge in [-0.05, 0) is 44.7 Å². The van der Waals surface area contributed by atoms with Crippen LogP contribution in [0.2, 0.25) is 0 Å². The number of carboxylic acid groups (broad SMARTS) is 1. The predicted molar refractivity (Wildman–Crippen MR) is 129 cm³/mol. The highest BCUT2D eigenvalue weighted by Gasteiger charge is 2.33. The van der Waals surface area contributed by atoms with E-state index in [4.69, 9.17) is 4.74 Å². The van der Waals surface area contributed by atoms with Gasteiger partial charge >= 0.3 is 11.9 Å². The summed E-state index contributed by atoms with van der Waals surface area (Å²) >= 11 is 0. The molecular formula is C27H43NO4. The number of ether oxygens (including phenoxy) is 1. The Morgan fingerprint density at radius 2 is 1.56 bits per heavy atom. The molecule has 0 radical (unpaired) electrons. The molecule has 0 aromatic heterocycles. The van der Waals surface area contributed by atoms with Gasteiger partial charge in [0.15, 0.2) is 0 Å². The van der Waals surface area contributed by atoms with Gasteiger partial charge in [-0.25, -0.2) is 0 Å². The maximum Gasteiger partial charge on any atom is 0.314 e. The summed E-state index contributed by atoms with van der Waals surface area (Å²) in [6.07, 6.45) is 15.7. The number of hydrogen-bond acceptors (Lipinski definition) is 4. The number of aliphatic carboxylic acids is 1. The fourth-order valence-electron chi connectivity index (χ4n) is 4.85. The molecule has 0 aliphatic carbocycles. The molecule has 3 unspecified atom stereocenters. The highest BCUT2D eigenvalue weighted by Crippen LogP contribution is 2.33. The monoisotopic (exact) mass is 445 g/mol. The summed E-state index contributed by atoms with van der Waals surface area (Å²) in [5.74, 6) is -2.07. The van der Waals surface area contributed by atoms with E-state index in [0.717, 1.165) is 31.3 Å². The van der Waals surface area contributed by atoms with Crippen LogP contribution in [0.15, 0.2) is 30.3 Å². The van der Waals surface area contributed by atoms with Crippen LogP contribution in [0, 0.1) is 0 Å². The maximum absolute atomic E-state index is 11.7. The molecule has 2 heterocycles. The van der Waals surface area contributed by atoms with Gasteiger partial charge in [-0.1, -0.05) is 82.2 Å². The van der Waals surface area contributed by atoms with E-state index in [0.29, 0.717) is 12.0 Å². The van der Waals surface area contributed by atoms with Gasteiger partial charge < -0.3 is 14.7 Å². The molecule has 3 rings (SSSR count). The molecule has 5 heteroatoms. The average molecular weight is 446 g/mol. The van der Waals surface area contributed by atoms with Crippen LogP contribution in [0.25, 0.3) is 0 Å². The van der Waals surface area contributed by atoms with Gasteiger partial charge in [-0.2, -0.15) is 0 Å². The second kappa shape index (κ2) is 15.0. The fourth-order valence-corrected chi connectivity index (χ4v) is 4.85. The number of unbranched alkanes of at least 4 members (excludes halogenated alkanes) is 6. The standard InChI is InChI=1S/C19H28O4.C8H15N/c1-2-3-4-5-6-7-11-14-18(20)23-15-17(19(21)22)16-12-9-8-10-13-16;1-9-7-3-2-4-8(9)6-5-7/h8-10,12-13,17H,2-7,11,14-15H2,1H3,(H,21,22);7-8H,2-6H2,1H3. The van der Waals surface area contributed by atoms with Crippen molar-refractivity contribution < 1.29 is 19.4 Å². The first-order chi connectivity index (χ1) is 15.5. The normalized spacial score (nSPS) is 20.8. The van der Waals surface area contributed by atoms with Gasteiger partial charge in [-0.15, -0.1) is 0 Å². The molecule has 2 aliphatic heterocycles. The summed E-state index contributed by atoms with van der Waals surface area (Å²) in [4.78, 5) is 25.6. The number of carboxylic acids is 1. The second-order valence-corrected chi connectivity index (χ2v) is 9.34. The number of benzene rings is 1. The molecule has 2 fully saturated rings. The molecule has 1 aromatic rings. The molecule has 2 bridgehead atoms. The zero-order valence-corrected chi connectivity index (χ0v) is 20.1. The maximum atomic E-state index is 11.7. The Morgan fingerprint density at radius 1 is 0.969 bits per heavy atom. The Bertz CT molecular complexity index is 647. The Kier molecular flexibility index (Phi) is 12.4. The molecule has 2 aliphatic rings. The highest BCUT2D eigenvalue weighted by molar-refractivity contribution is 5.77. The molecule has 0 spiro atoms. The molecule has 32 heavy (non-hydrogen) atoms. The van der Waals surface area contributed by atoms with Gasteiger partial charge in [-0.3, -0.25) is 9.59 Å². The van der Waals surface area contributed by atoms with E-state index in [9.17, 15) is 14.7 Å². The lowest BCUT2D eigenvalue weighted by atomic mass is 10.0. The van der Waals surface area contributed by atoms with Crippen LogP contribution in [-0.2, 0) is 14.3 Å². The van der Waals surface area contributed by atoms with Gasteiger partial charge in [0.1, 0.15) is 12.5 Å². The number of rotatable bonds is 12. The van der Waals surface area contributed by atoms with Crippen LogP contribution in [0.3, 0.4) is 0 Å². The number of esters is 1. The molecule has 1 aromatic carbocycles. The minimum atomic E-state index is -0.972. The summed E-state index contributed by atoms with van der Waals surface area (Å²) in [6, 6.07) is 10.8. The lowest BCUT2D eigenvalue weighted by Crippen LogP contribution is -2.35. The average Bonchev–Trinajstić information content (AvgIpc) is 2.99. The highest BCUT2D eigenvalue weighted by atomic mass is 16.5. The van der Waals surface area contributed by atoms with Crippen molar-refractivity contribution >= 4 is 11.9 Å². The van der Waals surface area contributed by atoms with Crippen molar-refractivity contribution in [2.45, 2.75) is 108 Å². The van der Waals surface area contributed by atoms with Crippen LogP contribution >= 0.6 is 0 Å². The Balaban J connectivity index is 0.000000329. The number of carbonyl (C=O) groups is 2. The quantitative estimate of drug-likeness (QED) is 0.308. The summed E-state index contributed by atoms with van der Waals surface area (Å²) in [7, 11) is 2.29. The van der Waals surface area contributed by atoms with Gasteiger partial charge in [0.2, 0.25) is 0 Å². The molecule has 3 atom stereocenters. The Morgan fingerprint density at radius 3 is 2.12 bits per heavy atom. The van der Waals surface area contributed by atoms with E-state index < -0.39 is 11.9 Å². The summed E-state index contributed by atoms with van der Waals surface area (Å²) < 4.78 is 5.15. The SMILES string of the molecule is CCCCCCCCCC(=O)OCC(C(=O)O)c1ccccc1.CN1C2CCCC1CC2. The van der Waals surface area contributed by atoms with Crippen LogP contribution in [0.4, 0.5) is 0 Å². The van der Waals surface area contributed by atoms with Crippen molar-refractivity contribution in [2.75, 3.05) is 13.7 Å². The minimum absolute atomic E-state index is 0.103. The van der Waals surface area contributed by atoms with Crippen LogP contribution < -0.4 is 0 Å². The second-order valence-electron chi connectivity index (χ2n) is 9.34. The lowest BCUT2D eigenvalue weighted by molar-refractivity contribution is -0.148. The first-order valence-electron chi connectivity index (χ1n) is 12.7. The van der Waals surface area contributed by atoms with Gasteiger partial charge in [0.05, 0.1) is 0 Å². The van der Waals surface area contributed by atoms with E-state index in [2.05, 4.69) is 18.9 Å². The number of nitrogens with zero attached hydrogens (tertiary/aromatic N) is 1. The Hall–Kier alpha value is -1.88. The third-order valence-corrected chi connectivity index (χ3v) is 6.96. The minimum Gasteiger partial charge on any atom is -0.481 e. The van der Waals surface area contributed by atoms with E-state index in [1.54, 1.807) is 24.3 Å². The zero-order chi connectivity index (χ0) is 23.2. The van der Waals surface area contributed by atoms with Crippen molar-refractivity contribution in [3.05, 3.63) is 35.9 Å². The van der Waals surface area contributed by atoms with Gasteiger partial charge in [0.25, 0.3) is 0 Å². The van der Waals surface area contributed by atoms with Crippen molar-refractivity contribution in [1.29, 1.82) is 0 Å². The van der Waals surface area contributed by atoms with Gasteiger partial charge in [0, 0.05) is 18.5 Å². The summed E-state index contributed by atoms with van der Waals surface area (Å²) in [6.45, 7) is 2.09. The first kappa shape index (κ1) is 26.4. The van der Waals surface area contributed by atoms with Crippen LogP contribution in [0.5, 0.6) is 0 Å². The van der Waals surface area contributed by atoms with Crippen molar-refractivity contribution in [2.24, 2.45) is 0 Å². The largest absolute Gasteiger partial charge is 0.481 e. The topological polar surface area (TPSA) is 66.8 Å². The fraction of sp³-hybridized carbons (Fsp3) is 0.704. The van der Waals surface area contributed by atoms with E-state index in [1.807, 2.05) is 6.07 Å². The van der Waals surface area contributed by atoms with Crippen molar-refractivity contribution in [3.63, 3.8) is 0 Å². The smallest absolute Gasteiger partial charge is 0.314 e. The third-order valence-electron chi connectivity index (χ3n) is 6.96. The molecule has 180 valence electrons. The van der Waals surface area contributed by atoms with Crippen LogP contribution in [0.1, 0.15) is 102 Å². The third kappa shape index (κ3) is 9.32. The Labute approximate surface area is 194 Å². The number of fused-ring (bicyclic) bond motifs is 2. The number of hydrogen-bond donors (Lipinski definition) is 1. The predicted octanol–water partition coefficient (Wildman–Crippen LogP) is 6.17. The van der Waals surface area contributed by atoms with E-state index in [1.165, 1.54) is 57.8 Å². The van der Waals surface area contributed by atoms with Crippen molar-refractivity contribution in [3.8, 4) is 0 Å². The first-order valence-corrected chi connectivity index (χ1v) is 12.7. The van der Waals surface area contributed by atoms with E-state index in [-0.39, 0.29) is 12.6 Å². The molecular weight excluding hydrogens is 402 g/mol. The molecule has 5 nitrogen and oxygen atoms in total. The summed E-state index contributed by atoms with van der Waals surface area (Å²) in [5.41, 5.74) is 0.656. The molecule has 2 saturated heterocycles. The van der Waals surface area contributed by atoms with Crippen LogP contribution in [-0.4, -0.2) is 47.7 Å². The van der Waals surface area contributed by atoms with E-state index >= 15 is 0 Å².